The van der Waals surface area contributed by atoms with E-state index in [9.17, 15) is 39.3 Å². The standard InChI is InChI=1S/C21H14F6O3S/c1-12-17(20(22,23)24)15(13-8-4-2-5-9-13)19(31(28,29)30)16(18(12)21(25,26)27)14-10-6-3-7-11-14/h2-11H,1H3,(H,28,29,30). The van der Waals surface area contributed by atoms with Crippen LogP contribution >= 0.6 is 0 Å². The van der Waals surface area contributed by atoms with Crippen molar-refractivity contribution in [3.63, 3.8) is 0 Å². The van der Waals surface area contributed by atoms with Crippen LogP contribution in [0.5, 0.6) is 0 Å². The highest BCUT2D eigenvalue weighted by Gasteiger charge is 2.47. The van der Waals surface area contributed by atoms with E-state index in [2.05, 4.69) is 0 Å². The molecule has 3 aromatic rings. The zero-order valence-electron chi connectivity index (χ0n) is 15.7. The predicted octanol–water partition coefficient (Wildman–Crippen LogP) is 6.61. The fourth-order valence-corrected chi connectivity index (χ4v) is 4.53. The first-order valence-electron chi connectivity index (χ1n) is 8.68. The molecular formula is C21H14F6O3S. The Morgan fingerprint density at radius 2 is 1.00 bits per heavy atom. The molecule has 10 heteroatoms. The predicted molar refractivity (Wildman–Crippen MR) is 102 cm³/mol. The summed E-state index contributed by atoms with van der Waals surface area (Å²) in [5.74, 6) is 0. The topological polar surface area (TPSA) is 54.4 Å². The maximum atomic E-state index is 14.0. The van der Waals surface area contributed by atoms with E-state index in [1.807, 2.05) is 0 Å². The number of benzene rings is 3. The van der Waals surface area contributed by atoms with Gasteiger partial charge in [0.1, 0.15) is 4.90 Å². The molecule has 0 fully saturated rings. The molecule has 0 amide bonds. The first-order valence-corrected chi connectivity index (χ1v) is 10.1. The van der Waals surface area contributed by atoms with Crippen LogP contribution in [0.25, 0.3) is 22.3 Å². The lowest BCUT2D eigenvalue weighted by Crippen LogP contribution is -2.21. The van der Waals surface area contributed by atoms with E-state index in [0.29, 0.717) is 6.92 Å². The van der Waals surface area contributed by atoms with Gasteiger partial charge in [0.2, 0.25) is 0 Å². The number of hydrogen-bond donors (Lipinski definition) is 1. The summed E-state index contributed by atoms with van der Waals surface area (Å²) in [4.78, 5) is -1.45. The van der Waals surface area contributed by atoms with Crippen LogP contribution in [0, 0.1) is 6.92 Å². The van der Waals surface area contributed by atoms with Gasteiger partial charge in [-0.05, 0) is 23.6 Å². The second-order valence-electron chi connectivity index (χ2n) is 6.66. The van der Waals surface area contributed by atoms with Gasteiger partial charge in [-0.15, -0.1) is 0 Å². The molecule has 0 spiro atoms. The summed E-state index contributed by atoms with van der Waals surface area (Å²) in [7, 11) is -5.54. The normalized spacial score (nSPS) is 12.8. The largest absolute Gasteiger partial charge is 0.417 e. The van der Waals surface area contributed by atoms with Crippen molar-refractivity contribution >= 4 is 10.1 Å². The van der Waals surface area contributed by atoms with Crippen molar-refractivity contribution < 1.29 is 39.3 Å². The number of hydrogen-bond acceptors (Lipinski definition) is 2. The summed E-state index contributed by atoms with van der Waals surface area (Å²) < 4.78 is 119. The lowest BCUT2D eigenvalue weighted by atomic mass is 9.85. The third-order valence-corrected chi connectivity index (χ3v) is 5.58. The van der Waals surface area contributed by atoms with E-state index in [4.69, 9.17) is 0 Å². The maximum absolute atomic E-state index is 14.0. The SMILES string of the molecule is Cc1c(C(F)(F)F)c(-c2ccccc2)c(S(=O)(=O)O)c(-c2ccccc2)c1C(F)(F)F. The molecule has 0 aliphatic carbocycles. The van der Waals surface area contributed by atoms with Crippen molar-refractivity contribution in [3.8, 4) is 22.3 Å². The minimum Gasteiger partial charge on any atom is -0.282 e. The molecule has 164 valence electrons. The van der Waals surface area contributed by atoms with E-state index >= 15 is 0 Å². The third-order valence-electron chi connectivity index (χ3n) is 4.65. The Balaban J connectivity index is 2.75. The van der Waals surface area contributed by atoms with Gasteiger partial charge < -0.3 is 0 Å². The van der Waals surface area contributed by atoms with E-state index in [1.54, 1.807) is 0 Å². The zero-order valence-corrected chi connectivity index (χ0v) is 16.5. The molecule has 0 unspecified atom stereocenters. The van der Waals surface area contributed by atoms with Crippen LogP contribution in [0.15, 0.2) is 65.6 Å². The fraction of sp³-hybridized carbons (Fsp3) is 0.143. The van der Waals surface area contributed by atoms with Crippen LogP contribution in [0.1, 0.15) is 16.7 Å². The Morgan fingerprint density at radius 3 is 1.26 bits per heavy atom. The Kier molecular flexibility index (Phi) is 5.66. The minimum absolute atomic E-state index is 0.309. The lowest BCUT2D eigenvalue weighted by Gasteiger charge is -2.26. The Morgan fingerprint density at radius 1 is 0.677 bits per heavy atom. The van der Waals surface area contributed by atoms with Crippen LogP contribution in [-0.4, -0.2) is 13.0 Å². The summed E-state index contributed by atoms with van der Waals surface area (Å²) in [5, 5.41) is 0. The van der Waals surface area contributed by atoms with Crippen LogP contribution in [0.4, 0.5) is 26.3 Å². The molecule has 3 rings (SSSR count). The van der Waals surface area contributed by atoms with Gasteiger partial charge in [-0.2, -0.15) is 34.8 Å². The van der Waals surface area contributed by atoms with E-state index in [1.165, 1.54) is 36.4 Å². The monoisotopic (exact) mass is 460 g/mol. The minimum atomic E-state index is -5.54. The first-order chi connectivity index (χ1) is 14.2. The molecule has 0 aromatic heterocycles. The van der Waals surface area contributed by atoms with Gasteiger partial charge in [0.05, 0.1) is 11.1 Å². The molecule has 0 atom stereocenters. The van der Waals surface area contributed by atoms with Gasteiger partial charge in [0.15, 0.2) is 0 Å². The summed E-state index contributed by atoms with van der Waals surface area (Å²) in [6.45, 7) is 0.637. The van der Waals surface area contributed by atoms with E-state index in [-0.39, 0.29) is 11.1 Å². The molecule has 31 heavy (non-hydrogen) atoms. The Labute approximate surface area is 173 Å². The maximum Gasteiger partial charge on any atom is 0.417 e. The van der Waals surface area contributed by atoms with Crippen molar-refractivity contribution in [2.45, 2.75) is 24.2 Å². The van der Waals surface area contributed by atoms with Crippen LogP contribution in [-0.2, 0) is 22.5 Å². The van der Waals surface area contributed by atoms with Gasteiger partial charge in [-0.25, -0.2) is 0 Å². The van der Waals surface area contributed by atoms with Gasteiger partial charge in [-0.1, -0.05) is 60.7 Å². The van der Waals surface area contributed by atoms with Gasteiger partial charge in [0.25, 0.3) is 10.1 Å². The number of halogens is 6. The highest BCUT2D eigenvalue weighted by Crippen LogP contribution is 2.52. The quantitative estimate of drug-likeness (QED) is 0.353. The molecule has 0 saturated heterocycles. The van der Waals surface area contributed by atoms with Crippen molar-refractivity contribution in [2.75, 3.05) is 0 Å². The summed E-state index contributed by atoms with van der Waals surface area (Å²) >= 11 is 0. The van der Waals surface area contributed by atoms with Gasteiger partial charge in [0, 0.05) is 11.1 Å². The van der Waals surface area contributed by atoms with Crippen LogP contribution in [0.3, 0.4) is 0 Å². The van der Waals surface area contributed by atoms with E-state index < -0.39 is 55.2 Å². The Hall–Kier alpha value is -2.85. The molecule has 0 bridgehead atoms. The van der Waals surface area contributed by atoms with Crippen LogP contribution < -0.4 is 0 Å². The molecule has 3 aromatic carbocycles. The highest BCUT2D eigenvalue weighted by molar-refractivity contribution is 7.86. The molecule has 0 aliphatic rings. The zero-order chi connectivity index (χ0) is 23.2. The smallest absolute Gasteiger partial charge is 0.282 e. The summed E-state index contributed by atoms with van der Waals surface area (Å²) in [6.07, 6.45) is -10.7. The number of rotatable bonds is 3. The molecule has 3 nitrogen and oxygen atoms in total. The average molecular weight is 460 g/mol. The molecular weight excluding hydrogens is 446 g/mol. The van der Waals surface area contributed by atoms with Crippen molar-refractivity contribution in [3.05, 3.63) is 77.4 Å². The molecule has 0 aliphatic heterocycles. The second-order valence-corrected chi connectivity index (χ2v) is 8.02. The summed E-state index contributed by atoms with van der Waals surface area (Å²) in [6, 6.07) is 12.6. The van der Waals surface area contributed by atoms with Crippen LogP contribution in [0.2, 0.25) is 0 Å². The second kappa shape index (κ2) is 7.69. The number of alkyl halides is 6. The fourth-order valence-electron chi connectivity index (χ4n) is 3.58. The first kappa shape index (κ1) is 22.8. The van der Waals surface area contributed by atoms with Crippen molar-refractivity contribution in [1.82, 2.24) is 0 Å². The molecule has 0 radical (unpaired) electrons. The Bertz CT molecular complexity index is 1140. The average Bonchev–Trinajstić information content (AvgIpc) is 2.65. The molecule has 0 heterocycles. The van der Waals surface area contributed by atoms with Crippen molar-refractivity contribution in [1.29, 1.82) is 0 Å². The van der Waals surface area contributed by atoms with E-state index in [0.717, 1.165) is 24.3 Å². The lowest BCUT2D eigenvalue weighted by molar-refractivity contribution is -0.143. The third kappa shape index (κ3) is 4.31. The van der Waals surface area contributed by atoms with Crippen molar-refractivity contribution in [2.24, 2.45) is 0 Å². The molecule has 0 saturated carbocycles. The van der Waals surface area contributed by atoms with Gasteiger partial charge in [-0.3, -0.25) is 4.55 Å². The summed E-state index contributed by atoms with van der Waals surface area (Å²) in [5.41, 5.74) is -7.45. The van der Waals surface area contributed by atoms with Gasteiger partial charge >= 0.3 is 12.4 Å². The highest BCUT2D eigenvalue weighted by atomic mass is 32.2. The molecule has 1 N–H and O–H groups in total.